The van der Waals surface area contributed by atoms with Crippen LogP contribution in [0.25, 0.3) is 17.3 Å². The summed E-state index contributed by atoms with van der Waals surface area (Å²) in [6, 6.07) is 9.74. The second kappa shape index (κ2) is 7.23. The van der Waals surface area contributed by atoms with Crippen LogP contribution in [-0.2, 0) is 4.79 Å². The fourth-order valence-corrected chi connectivity index (χ4v) is 2.85. The Bertz CT molecular complexity index is 851. The zero-order valence-electron chi connectivity index (χ0n) is 13.5. The topological polar surface area (TPSA) is 70.7 Å². The molecule has 24 heavy (non-hydrogen) atoms. The number of amides is 1. The molecule has 0 fully saturated rings. The molecule has 0 unspecified atom stereocenters. The van der Waals surface area contributed by atoms with Crippen molar-refractivity contribution in [3.05, 3.63) is 64.5 Å². The first-order chi connectivity index (χ1) is 11.6. The summed E-state index contributed by atoms with van der Waals surface area (Å²) >= 11 is 1.56. The molecule has 0 radical (unpaired) electrons. The largest absolute Gasteiger partial charge is 0.343 e. The summed E-state index contributed by atoms with van der Waals surface area (Å²) in [7, 11) is 0. The lowest BCUT2D eigenvalue weighted by Gasteiger charge is -2.09. The molecule has 0 saturated carbocycles. The minimum atomic E-state index is -0.211. The zero-order valence-corrected chi connectivity index (χ0v) is 14.3. The van der Waals surface area contributed by atoms with Crippen LogP contribution in [0.2, 0.25) is 0 Å². The van der Waals surface area contributed by atoms with Gasteiger partial charge in [0.2, 0.25) is 5.91 Å². The molecule has 122 valence electrons. The van der Waals surface area contributed by atoms with Gasteiger partial charge in [0.1, 0.15) is 5.82 Å². The molecule has 1 aromatic carbocycles. The number of hydrogen-bond donors (Lipinski definition) is 2. The molecule has 0 spiro atoms. The summed E-state index contributed by atoms with van der Waals surface area (Å²) in [5, 5.41) is 5.79. The van der Waals surface area contributed by atoms with Crippen LogP contribution in [0.4, 0.5) is 0 Å². The number of nitrogens with one attached hydrogen (secondary N) is 2. The van der Waals surface area contributed by atoms with Gasteiger partial charge in [-0.2, -0.15) is 0 Å². The lowest BCUT2D eigenvalue weighted by Crippen LogP contribution is -2.25. The molecule has 1 amide bonds. The lowest BCUT2D eigenvalue weighted by atomic mass is 10.2. The van der Waals surface area contributed by atoms with E-state index in [4.69, 9.17) is 0 Å². The van der Waals surface area contributed by atoms with Crippen molar-refractivity contribution in [2.75, 3.05) is 0 Å². The van der Waals surface area contributed by atoms with Crippen LogP contribution in [-0.4, -0.2) is 20.9 Å². The van der Waals surface area contributed by atoms with Gasteiger partial charge in [-0.15, -0.1) is 11.3 Å². The Morgan fingerprint density at radius 3 is 2.83 bits per heavy atom. The van der Waals surface area contributed by atoms with Gasteiger partial charge in [0.15, 0.2) is 0 Å². The Morgan fingerprint density at radius 2 is 2.12 bits per heavy atom. The average molecular weight is 338 g/mol. The Balaban J connectivity index is 1.62. The van der Waals surface area contributed by atoms with Gasteiger partial charge in [-0.1, -0.05) is 30.3 Å². The number of carbonyl (C=O) groups is 1. The van der Waals surface area contributed by atoms with Crippen molar-refractivity contribution in [1.82, 2.24) is 20.3 Å². The highest BCUT2D eigenvalue weighted by Crippen LogP contribution is 2.18. The van der Waals surface area contributed by atoms with Crippen LogP contribution in [0.1, 0.15) is 29.5 Å². The third kappa shape index (κ3) is 3.97. The van der Waals surface area contributed by atoms with E-state index in [0.717, 1.165) is 27.8 Å². The van der Waals surface area contributed by atoms with Crippen LogP contribution < -0.4 is 5.32 Å². The van der Waals surface area contributed by atoms with Gasteiger partial charge < -0.3 is 10.3 Å². The molecule has 6 heteroatoms. The quantitative estimate of drug-likeness (QED) is 0.696. The van der Waals surface area contributed by atoms with Gasteiger partial charge in [0, 0.05) is 11.5 Å². The van der Waals surface area contributed by atoms with Crippen molar-refractivity contribution in [2.45, 2.75) is 19.9 Å². The van der Waals surface area contributed by atoms with Crippen LogP contribution in [0, 0.1) is 6.92 Å². The maximum Gasteiger partial charge on any atom is 0.244 e. The first-order valence-electron chi connectivity index (χ1n) is 7.63. The van der Waals surface area contributed by atoms with Gasteiger partial charge in [-0.3, -0.25) is 4.79 Å². The average Bonchev–Trinajstić information content (AvgIpc) is 3.23. The van der Waals surface area contributed by atoms with E-state index < -0.39 is 0 Å². The van der Waals surface area contributed by atoms with Crippen LogP contribution in [0.5, 0.6) is 0 Å². The number of hydrogen-bond acceptors (Lipinski definition) is 4. The van der Waals surface area contributed by atoms with Gasteiger partial charge in [0.25, 0.3) is 0 Å². The standard InChI is InChI=1S/C18H18N4OS/c1-12(20-17(23)9-8-15-11-24-13(2)21-15)18-19-10-16(22-18)14-6-4-3-5-7-14/h3-12H,1-2H3,(H,19,22)(H,20,23)/b9-8-/t12-/m1/s1. The van der Waals surface area contributed by atoms with E-state index in [-0.39, 0.29) is 11.9 Å². The number of H-pyrrole nitrogens is 1. The molecule has 3 aromatic rings. The first kappa shape index (κ1) is 16.1. The summed E-state index contributed by atoms with van der Waals surface area (Å²) in [5.74, 6) is 0.547. The maximum absolute atomic E-state index is 12.0. The fourth-order valence-electron chi connectivity index (χ4n) is 2.27. The highest BCUT2D eigenvalue weighted by Gasteiger charge is 2.12. The van der Waals surface area contributed by atoms with Gasteiger partial charge >= 0.3 is 0 Å². The van der Waals surface area contributed by atoms with Crippen molar-refractivity contribution in [3.8, 4) is 11.3 Å². The molecular formula is C18H18N4OS. The van der Waals surface area contributed by atoms with Crippen molar-refractivity contribution < 1.29 is 4.79 Å². The van der Waals surface area contributed by atoms with Crippen LogP contribution in [0.15, 0.2) is 48.0 Å². The minimum absolute atomic E-state index is 0.175. The number of rotatable bonds is 5. The molecule has 0 saturated heterocycles. The highest BCUT2D eigenvalue weighted by atomic mass is 32.1. The molecule has 5 nitrogen and oxygen atoms in total. The number of thiazole rings is 1. The molecular weight excluding hydrogens is 320 g/mol. The zero-order chi connectivity index (χ0) is 16.9. The molecule has 3 rings (SSSR count). The second-order valence-electron chi connectivity index (χ2n) is 5.40. The SMILES string of the molecule is Cc1nc(/C=C\C(=O)N[C@H](C)c2ncc(-c3ccccc3)[nH]2)cs1. The van der Waals surface area contributed by atoms with E-state index in [2.05, 4.69) is 20.3 Å². The third-order valence-corrected chi connectivity index (χ3v) is 4.28. The second-order valence-corrected chi connectivity index (χ2v) is 6.47. The molecule has 2 N–H and O–H groups in total. The van der Waals surface area contributed by atoms with E-state index in [0.29, 0.717) is 0 Å². The number of aryl methyl sites for hydroxylation is 1. The van der Waals surface area contributed by atoms with E-state index in [1.165, 1.54) is 6.08 Å². The van der Waals surface area contributed by atoms with Crippen molar-refractivity contribution in [1.29, 1.82) is 0 Å². The molecule has 0 bridgehead atoms. The Morgan fingerprint density at radius 1 is 1.33 bits per heavy atom. The Kier molecular flexibility index (Phi) is 4.86. The Labute approximate surface area is 144 Å². The minimum Gasteiger partial charge on any atom is -0.343 e. The van der Waals surface area contributed by atoms with Crippen molar-refractivity contribution in [3.63, 3.8) is 0 Å². The predicted octanol–water partition coefficient (Wildman–Crippen LogP) is 3.73. The predicted molar refractivity (Wildman–Crippen MR) is 96.5 cm³/mol. The molecule has 2 aromatic heterocycles. The summed E-state index contributed by atoms with van der Waals surface area (Å²) in [6.45, 7) is 3.83. The van der Waals surface area contributed by atoms with Crippen LogP contribution >= 0.6 is 11.3 Å². The monoisotopic (exact) mass is 338 g/mol. The van der Waals surface area contributed by atoms with E-state index >= 15 is 0 Å². The van der Waals surface area contributed by atoms with E-state index in [9.17, 15) is 4.79 Å². The lowest BCUT2D eigenvalue weighted by molar-refractivity contribution is -0.117. The van der Waals surface area contributed by atoms with E-state index in [1.807, 2.05) is 49.6 Å². The number of nitrogens with zero attached hydrogens (tertiary/aromatic N) is 2. The van der Waals surface area contributed by atoms with Gasteiger partial charge in [-0.05, 0) is 25.5 Å². The first-order valence-corrected chi connectivity index (χ1v) is 8.51. The summed E-state index contributed by atoms with van der Waals surface area (Å²) in [4.78, 5) is 23.9. The molecule has 2 heterocycles. The number of carbonyl (C=O) groups excluding carboxylic acids is 1. The number of imidazole rings is 1. The molecule has 1 atom stereocenters. The number of benzene rings is 1. The van der Waals surface area contributed by atoms with Crippen LogP contribution in [0.3, 0.4) is 0 Å². The third-order valence-electron chi connectivity index (χ3n) is 3.49. The summed E-state index contributed by atoms with van der Waals surface area (Å²) < 4.78 is 0. The molecule has 0 aliphatic rings. The normalized spacial score (nSPS) is 12.4. The number of aromatic nitrogens is 3. The van der Waals surface area contributed by atoms with Gasteiger partial charge in [0.05, 0.1) is 28.6 Å². The smallest absolute Gasteiger partial charge is 0.244 e. The van der Waals surface area contributed by atoms with E-state index in [1.54, 1.807) is 23.6 Å². The number of aromatic amines is 1. The molecule has 0 aliphatic carbocycles. The molecule has 0 aliphatic heterocycles. The maximum atomic E-state index is 12.0. The summed E-state index contributed by atoms with van der Waals surface area (Å²) in [5.41, 5.74) is 2.79. The highest BCUT2D eigenvalue weighted by molar-refractivity contribution is 7.09. The fraction of sp³-hybridized carbons (Fsp3) is 0.167. The summed E-state index contributed by atoms with van der Waals surface area (Å²) in [6.07, 6.45) is 4.98. The van der Waals surface area contributed by atoms with Crippen molar-refractivity contribution in [2.24, 2.45) is 0 Å². The Hall–Kier alpha value is -2.73. The van der Waals surface area contributed by atoms with Gasteiger partial charge in [-0.25, -0.2) is 9.97 Å². The van der Waals surface area contributed by atoms with Crippen molar-refractivity contribution >= 4 is 23.3 Å².